The van der Waals surface area contributed by atoms with Crippen molar-refractivity contribution in [3.63, 3.8) is 0 Å². The van der Waals surface area contributed by atoms with Crippen LogP contribution in [0.2, 0.25) is 0 Å². The quantitative estimate of drug-likeness (QED) is 0.799. The van der Waals surface area contributed by atoms with Crippen LogP contribution in [-0.4, -0.2) is 34.2 Å². The van der Waals surface area contributed by atoms with E-state index in [0.717, 1.165) is 0 Å². The number of rotatable bonds is 2. The lowest BCUT2D eigenvalue weighted by Gasteiger charge is -2.27. The number of fused-ring (bicyclic) bond motifs is 1. The van der Waals surface area contributed by atoms with Crippen molar-refractivity contribution in [1.29, 1.82) is 0 Å². The number of anilines is 1. The molecule has 96 valence electrons. The van der Waals surface area contributed by atoms with E-state index in [2.05, 4.69) is 10.3 Å². The highest BCUT2D eigenvalue weighted by Crippen LogP contribution is 2.20. The van der Waals surface area contributed by atoms with Gasteiger partial charge in [0.2, 0.25) is 5.91 Å². The van der Waals surface area contributed by atoms with Gasteiger partial charge >= 0.3 is 6.03 Å². The SMILES string of the molecule is O=Cc1ccc(N2CCC(=O)NC2=O)n2ccnc12. The first-order valence-corrected chi connectivity index (χ1v) is 5.73. The third-order valence-corrected chi connectivity index (χ3v) is 3.02. The van der Waals surface area contributed by atoms with E-state index < -0.39 is 6.03 Å². The molecule has 0 unspecified atom stereocenters. The van der Waals surface area contributed by atoms with Crippen LogP contribution in [0, 0.1) is 0 Å². The normalized spacial score (nSPS) is 15.7. The van der Waals surface area contributed by atoms with Crippen LogP contribution in [0.15, 0.2) is 24.5 Å². The number of amides is 3. The summed E-state index contributed by atoms with van der Waals surface area (Å²) in [6.45, 7) is 0.304. The molecule has 3 heterocycles. The molecule has 0 saturated carbocycles. The number of carbonyl (C=O) groups excluding carboxylic acids is 3. The number of hydrogen-bond acceptors (Lipinski definition) is 4. The van der Waals surface area contributed by atoms with Gasteiger partial charge in [-0.1, -0.05) is 0 Å². The molecule has 1 saturated heterocycles. The molecule has 0 radical (unpaired) electrons. The van der Waals surface area contributed by atoms with Gasteiger partial charge in [-0.25, -0.2) is 9.78 Å². The van der Waals surface area contributed by atoms with Crippen molar-refractivity contribution < 1.29 is 14.4 Å². The number of hydrogen-bond donors (Lipinski definition) is 1. The highest BCUT2D eigenvalue weighted by atomic mass is 16.2. The summed E-state index contributed by atoms with van der Waals surface area (Å²) in [5.74, 6) is 0.288. The van der Waals surface area contributed by atoms with Gasteiger partial charge in [0.1, 0.15) is 11.5 Å². The summed E-state index contributed by atoms with van der Waals surface area (Å²) in [5, 5.41) is 2.26. The molecule has 7 nitrogen and oxygen atoms in total. The average molecular weight is 258 g/mol. The van der Waals surface area contributed by atoms with Crippen LogP contribution < -0.4 is 10.2 Å². The zero-order valence-corrected chi connectivity index (χ0v) is 9.87. The van der Waals surface area contributed by atoms with Gasteiger partial charge in [0.25, 0.3) is 0 Å². The van der Waals surface area contributed by atoms with Crippen molar-refractivity contribution in [2.24, 2.45) is 0 Å². The van der Waals surface area contributed by atoms with Gasteiger partial charge in [-0.3, -0.25) is 24.2 Å². The predicted octanol–water partition coefficient (Wildman–Crippen LogP) is 0.593. The minimum Gasteiger partial charge on any atom is -0.298 e. The van der Waals surface area contributed by atoms with Gasteiger partial charge in [-0.2, -0.15) is 0 Å². The smallest absolute Gasteiger partial charge is 0.298 e. The van der Waals surface area contributed by atoms with Crippen molar-refractivity contribution in [3.05, 3.63) is 30.1 Å². The van der Waals surface area contributed by atoms with Crippen molar-refractivity contribution >= 4 is 29.7 Å². The summed E-state index contributed by atoms with van der Waals surface area (Å²) < 4.78 is 1.65. The van der Waals surface area contributed by atoms with Crippen LogP contribution in [0.4, 0.5) is 10.6 Å². The summed E-state index contributed by atoms with van der Waals surface area (Å²) in [6, 6.07) is 2.80. The highest BCUT2D eigenvalue weighted by molar-refractivity contribution is 6.05. The molecule has 19 heavy (non-hydrogen) atoms. The average Bonchev–Trinajstić information content (AvgIpc) is 2.87. The maximum Gasteiger partial charge on any atom is 0.329 e. The number of pyridine rings is 1. The van der Waals surface area contributed by atoms with Crippen LogP contribution in [-0.2, 0) is 4.79 Å². The molecule has 2 aromatic rings. The zero-order valence-electron chi connectivity index (χ0n) is 9.87. The van der Waals surface area contributed by atoms with E-state index in [-0.39, 0.29) is 12.3 Å². The van der Waals surface area contributed by atoms with Gasteiger partial charge in [0.05, 0.1) is 5.56 Å². The first kappa shape index (κ1) is 11.4. The fourth-order valence-corrected chi connectivity index (χ4v) is 2.12. The Morgan fingerprint density at radius 1 is 1.32 bits per heavy atom. The molecule has 1 aliphatic rings. The Kier molecular flexibility index (Phi) is 2.52. The highest BCUT2D eigenvalue weighted by Gasteiger charge is 2.26. The van der Waals surface area contributed by atoms with Crippen LogP contribution in [0.5, 0.6) is 0 Å². The lowest BCUT2D eigenvalue weighted by Crippen LogP contribution is -2.50. The van der Waals surface area contributed by atoms with Gasteiger partial charge in [0, 0.05) is 25.4 Å². The fourth-order valence-electron chi connectivity index (χ4n) is 2.12. The van der Waals surface area contributed by atoms with E-state index in [0.29, 0.717) is 29.9 Å². The van der Waals surface area contributed by atoms with Crippen LogP contribution in [0.3, 0.4) is 0 Å². The zero-order chi connectivity index (χ0) is 13.4. The number of nitrogens with one attached hydrogen (secondary N) is 1. The summed E-state index contributed by atoms with van der Waals surface area (Å²) in [5.41, 5.74) is 0.930. The molecule has 0 aliphatic carbocycles. The van der Waals surface area contributed by atoms with Gasteiger partial charge in [-0.15, -0.1) is 0 Å². The van der Waals surface area contributed by atoms with Crippen molar-refractivity contribution in [2.45, 2.75) is 6.42 Å². The number of urea groups is 1. The Balaban J connectivity index is 2.11. The third-order valence-electron chi connectivity index (χ3n) is 3.02. The largest absolute Gasteiger partial charge is 0.329 e. The molecule has 0 aromatic carbocycles. The Bertz CT molecular complexity index is 691. The summed E-state index contributed by atoms with van der Waals surface area (Å²) in [6.07, 6.45) is 4.18. The van der Waals surface area contributed by atoms with Gasteiger partial charge in [-0.05, 0) is 12.1 Å². The molecule has 7 heteroatoms. The molecule has 1 aliphatic heterocycles. The van der Waals surface area contributed by atoms with Gasteiger partial charge in [0.15, 0.2) is 6.29 Å². The standard InChI is InChI=1S/C12H10N4O3/c17-7-8-1-2-10(15-6-4-13-11(8)15)16-5-3-9(18)14-12(16)19/h1-2,4,6-7H,3,5H2,(H,14,18,19). The molecule has 3 rings (SSSR count). The first-order chi connectivity index (χ1) is 9.20. The van der Waals surface area contributed by atoms with Crippen LogP contribution in [0.25, 0.3) is 5.65 Å². The van der Waals surface area contributed by atoms with Crippen LogP contribution in [0.1, 0.15) is 16.8 Å². The van der Waals surface area contributed by atoms with E-state index >= 15 is 0 Å². The molecule has 0 atom stereocenters. The number of imide groups is 1. The number of aromatic nitrogens is 2. The number of aldehydes is 1. The molecule has 3 amide bonds. The molecule has 1 N–H and O–H groups in total. The molecular weight excluding hydrogens is 248 g/mol. The second-order valence-electron chi connectivity index (χ2n) is 4.14. The molecular formula is C12H10N4O3. The molecule has 0 spiro atoms. The lowest BCUT2D eigenvalue weighted by atomic mass is 10.2. The van der Waals surface area contributed by atoms with E-state index in [4.69, 9.17) is 0 Å². The maximum atomic E-state index is 11.8. The van der Waals surface area contributed by atoms with E-state index in [1.807, 2.05) is 0 Å². The maximum absolute atomic E-state index is 11.8. The summed E-state index contributed by atoms with van der Waals surface area (Å²) in [4.78, 5) is 39.4. The topological polar surface area (TPSA) is 83.8 Å². The third kappa shape index (κ3) is 1.75. The summed E-state index contributed by atoms with van der Waals surface area (Å²) in [7, 11) is 0. The minimum atomic E-state index is -0.467. The first-order valence-electron chi connectivity index (χ1n) is 5.73. The van der Waals surface area contributed by atoms with E-state index in [1.165, 1.54) is 4.90 Å². The Labute approximate surface area is 107 Å². The van der Waals surface area contributed by atoms with Crippen molar-refractivity contribution in [3.8, 4) is 0 Å². The number of nitrogens with zero attached hydrogens (tertiary/aromatic N) is 3. The van der Waals surface area contributed by atoms with Crippen molar-refractivity contribution in [1.82, 2.24) is 14.7 Å². The molecule has 2 aromatic heterocycles. The number of carbonyl (C=O) groups is 3. The molecule has 0 bridgehead atoms. The van der Waals surface area contributed by atoms with Crippen LogP contribution >= 0.6 is 0 Å². The predicted molar refractivity (Wildman–Crippen MR) is 66.1 cm³/mol. The van der Waals surface area contributed by atoms with Gasteiger partial charge < -0.3 is 0 Å². The fraction of sp³-hybridized carbons (Fsp3) is 0.167. The summed E-state index contributed by atoms with van der Waals surface area (Å²) >= 11 is 0. The van der Waals surface area contributed by atoms with Crippen molar-refractivity contribution in [2.75, 3.05) is 11.4 Å². The minimum absolute atomic E-state index is 0.247. The lowest BCUT2D eigenvalue weighted by molar-refractivity contribution is -0.120. The van der Waals surface area contributed by atoms with E-state index in [1.54, 1.807) is 28.9 Å². The Hall–Kier alpha value is -2.70. The Morgan fingerprint density at radius 3 is 2.89 bits per heavy atom. The monoisotopic (exact) mass is 258 g/mol. The second-order valence-corrected chi connectivity index (χ2v) is 4.14. The Morgan fingerprint density at radius 2 is 2.16 bits per heavy atom. The number of imidazole rings is 1. The van der Waals surface area contributed by atoms with E-state index in [9.17, 15) is 14.4 Å². The molecule has 1 fully saturated rings. The second kappa shape index (κ2) is 4.20.